The number of hydrogen-bond donors (Lipinski definition) is 0. The first-order valence-corrected chi connectivity index (χ1v) is 17.1. The number of pyridine rings is 1. The van der Waals surface area contributed by atoms with Gasteiger partial charge in [0, 0.05) is 34.5 Å². The highest BCUT2D eigenvalue weighted by molar-refractivity contribution is 5.86. The van der Waals surface area contributed by atoms with Crippen molar-refractivity contribution in [3.05, 3.63) is 163 Å². The van der Waals surface area contributed by atoms with E-state index in [2.05, 4.69) is 120 Å². The molecule has 48 heavy (non-hydrogen) atoms. The fourth-order valence-corrected chi connectivity index (χ4v) is 8.02. The fourth-order valence-electron chi connectivity index (χ4n) is 8.02. The normalized spacial score (nSPS) is 14.4. The summed E-state index contributed by atoms with van der Waals surface area (Å²) in [5.41, 5.74) is 15.6. The molecular formula is C45H35N3. The van der Waals surface area contributed by atoms with Crippen molar-refractivity contribution in [2.75, 3.05) is 0 Å². The van der Waals surface area contributed by atoms with E-state index in [0.717, 1.165) is 45.0 Å². The van der Waals surface area contributed by atoms with Crippen molar-refractivity contribution in [2.24, 2.45) is 0 Å². The lowest BCUT2D eigenvalue weighted by molar-refractivity contribution is 0.353. The van der Waals surface area contributed by atoms with Gasteiger partial charge in [0.2, 0.25) is 0 Å². The first kappa shape index (κ1) is 28.5. The number of nitrogens with zero attached hydrogens (tertiary/aromatic N) is 3. The molecule has 2 aliphatic carbocycles. The number of aromatic nitrogens is 3. The van der Waals surface area contributed by atoms with Gasteiger partial charge in [-0.1, -0.05) is 135 Å². The van der Waals surface area contributed by atoms with Gasteiger partial charge in [-0.3, -0.25) is 4.98 Å². The second-order valence-corrected chi connectivity index (χ2v) is 13.2. The van der Waals surface area contributed by atoms with E-state index in [4.69, 9.17) is 9.97 Å². The Morgan fingerprint density at radius 1 is 0.417 bits per heavy atom. The number of rotatable bonds is 5. The molecule has 1 fully saturated rings. The SMILES string of the molecule is c1ccc(-c2nc(-c3ccc(-c4cccnc4)cc3)cc(-c3cccc(-c4ccc5c(c4)-c4ccccc4C54CCCCC4)c3)n2)cc1. The molecule has 0 bridgehead atoms. The molecule has 1 spiro atoms. The summed E-state index contributed by atoms with van der Waals surface area (Å²) in [5.74, 6) is 0.719. The zero-order valence-electron chi connectivity index (χ0n) is 26.8. The van der Waals surface area contributed by atoms with Gasteiger partial charge in [0.05, 0.1) is 11.4 Å². The summed E-state index contributed by atoms with van der Waals surface area (Å²) < 4.78 is 0. The van der Waals surface area contributed by atoms with Crippen molar-refractivity contribution >= 4 is 0 Å². The molecule has 0 unspecified atom stereocenters. The molecule has 9 rings (SSSR count). The maximum absolute atomic E-state index is 5.12. The Balaban J connectivity index is 1.12. The van der Waals surface area contributed by atoms with E-state index < -0.39 is 0 Å². The molecule has 5 aromatic carbocycles. The largest absolute Gasteiger partial charge is 0.264 e. The molecule has 3 nitrogen and oxygen atoms in total. The van der Waals surface area contributed by atoms with Gasteiger partial charge in [0.25, 0.3) is 0 Å². The first-order valence-electron chi connectivity index (χ1n) is 17.1. The summed E-state index contributed by atoms with van der Waals surface area (Å²) in [5, 5.41) is 0. The quantitative estimate of drug-likeness (QED) is 0.193. The Morgan fingerprint density at radius 3 is 1.88 bits per heavy atom. The van der Waals surface area contributed by atoms with Crippen LogP contribution < -0.4 is 0 Å². The van der Waals surface area contributed by atoms with E-state index in [0.29, 0.717) is 0 Å². The summed E-state index contributed by atoms with van der Waals surface area (Å²) in [4.78, 5) is 14.5. The molecule has 3 heteroatoms. The van der Waals surface area contributed by atoms with Crippen LogP contribution in [0, 0.1) is 0 Å². The lowest BCUT2D eigenvalue weighted by atomic mass is 9.68. The van der Waals surface area contributed by atoms with Crippen LogP contribution in [0.15, 0.2) is 152 Å². The zero-order chi connectivity index (χ0) is 31.9. The topological polar surface area (TPSA) is 38.7 Å². The van der Waals surface area contributed by atoms with Crippen molar-refractivity contribution in [3.8, 4) is 67.3 Å². The molecule has 2 aromatic heterocycles. The summed E-state index contributed by atoms with van der Waals surface area (Å²) in [7, 11) is 0. The molecule has 0 radical (unpaired) electrons. The Morgan fingerprint density at radius 2 is 1.06 bits per heavy atom. The number of fused-ring (bicyclic) bond motifs is 5. The van der Waals surface area contributed by atoms with Crippen LogP contribution in [-0.2, 0) is 5.41 Å². The van der Waals surface area contributed by atoms with E-state index in [1.54, 1.807) is 6.20 Å². The summed E-state index contributed by atoms with van der Waals surface area (Å²) >= 11 is 0. The van der Waals surface area contributed by atoms with Gasteiger partial charge >= 0.3 is 0 Å². The van der Waals surface area contributed by atoms with Crippen LogP contribution in [0.2, 0.25) is 0 Å². The van der Waals surface area contributed by atoms with Crippen LogP contribution in [0.4, 0.5) is 0 Å². The highest BCUT2D eigenvalue weighted by Gasteiger charge is 2.43. The fraction of sp³-hybridized carbons (Fsp3) is 0.133. The van der Waals surface area contributed by atoms with Gasteiger partial charge in [0.15, 0.2) is 5.82 Å². The van der Waals surface area contributed by atoms with Crippen LogP contribution in [-0.4, -0.2) is 15.0 Å². The molecule has 0 atom stereocenters. The molecule has 0 aliphatic heterocycles. The maximum Gasteiger partial charge on any atom is 0.160 e. The molecule has 0 N–H and O–H groups in total. The monoisotopic (exact) mass is 617 g/mol. The lowest BCUT2D eigenvalue weighted by Gasteiger charge is -2.36. The predicted molar refractivity (Wildman–Crippen MR) is 196 cm³/mol. The molecule has 1 saturated carbocycles. The second-order valence-electron chi connectivity index (χ2n) is 13.2. The van der Waals surface area contributed by atoms with Crippen LogP contribution in [0.5, 0.6) is 0 Å². The van der Waals surface area contributed by atoms with E-state index in [-0.39, 0.29) is 5.41 Å². The van der Waals surface area contributed by atoms with Crippen molar-refractivity contribution in [3.63, 3.8) is 0 Å². The highest BCUT2D eigenvalue weighted by atomic mass is 14.9. The molecule has 0 saturated heterocycles. The molecule has 2 heterocycles. The van der Waals surface area contributed by atoms with Gasteiger partial charge in [-0.05, 0) is 81.6 Å². The number of hydrogen-bond acceptors (Lipinski definition) is 3. The van der Waals surface area contributed by atoms with Crippen LogP contribution in [0.25, 0.3) is 67.3 Å². The summed E-state index contributed by atoms with van der Waals surface area (Å²) in [6.45, 7) is 0. The minimum atomic E-state index is 0.173. The predicted octanol–water partition coefficient (Wildman–Crippen LogP) is 11.4. The third kappa shape index (κ3) is 4.94. The Hall–Kier alpha value is -5.67. The van der Waals surface area contributed by atoms with E-state index in [9.17, 15) is 0 Å². The third-order valence-electron chi connectivity index (χ3n) is 10.4. The van der Waals surface area contributed by atoms with Gasteiger partial charge < -0.3 is 0 Å². The minimum Gasteiger partial charge on any atom is -0.264 e. The van der Waals surface area contributed by atoms with Gasteiger partial charge in [0.1, 0.15) is 0 Å². The van der Waals surface area contributed by atoms with Crippen molar-refractivity contribution in [1.82, 2.24) is 15.0 Å². The molecular weight excluding hydrogens is 583 g/mol. The Bertz CT molecular complexity index is 2250. The lowest BCUT2D eigenvalue weighted by Crippen LogP contribution is -2.27. The van der Waals surface area contributed by atoms with Crippen molar-refractivity contribution < 1.29 is 0 Å². The summed E-state index contributed by atoms with van der Waals surface area (Å²) in [6.07, 6.45) is 10.1. The average Bonchev–Trinajstić information content (AvgIpc) is 3.43. The second kappa shape index (κ2) is 11.8. The molecule has 0 amide bonds. The molecule has 230 valence electrons. The van der Waals surface area contributed by atoms with E-state index in [1.807, 2.05) is 30.5 Å². The third-order valence-corrected chi connectivity index (χ3v) is 10.4. The Kier molecular flexibility index (Phi) is 7.04. The maximum atomic E-state index is 5.12. The van der Waals surface area contributed by atoms with Crippen molar-refractivity contribution in [2.45, 2.75) is 37.5 Å². The standard InChI is InChI=1S/C45H35N3/c1-3-11-33(12-4-1)44-47-42(32-20-18-31(19-21-32)37-15-10-26-46-30-37)29-43(48-44)36-14-9-13-34(27-36)35-22-23-41-39(28-35)38-16-5-6-17-40(38)45(41)24-7-2-8-25-45/h1,3-6,9-23,26-30H,2,7-8,24-25H2. The van der Waals surface area contributed by atoms with Gasteiger partial charge in [-0.15, -0.1) is 0 Å². The summed E-state index contributed by atoms with van der Waals surface area (Å²) in [6, 6.07) is 50.1. The van der Waals surface area contributed by atoms with Crippen LogP contribution >= 0.6 is 0 Å². The zero-order valence-corrected chi connectivity index (χ0v) is 26.8. The van der Waals surface area contributed by atoms with Crippen LogP contribution in [0.3, 0.4) is 0 Å². The highest BCUT2D eigenvalue weighted by Crippen LogP contribution is 2.56. The minimum absolute atomic E-state index is 0.173. The molecule has 7 aromatic rings. The first-order chi connectivity index (χ1) is 23.7. The van der Waals surface area contributed by atoms with Gasteiger partial charge in [-0.25, -0.2) is 9.97 Å². The van der Waals surface area contributed by atoms with Crippen molar-refractivity contribution in [1.29, 1.82) is 0 Å². The van der Waals surface area contributed by atoms with E-state index in [1.165, 1.54) is 65.5 Å². The average molecular weight is 618 g/mol. The molecule has 2 aliphatic rings. The smallest absolute Gasteiger partial charge is 0.160 e. The van der Waals surface area contributed by atoms with E-state index >= 15 is 0 Å². The number of benzene rings is 5. The van der Waals surface area contributed by atoms with Gasteiger partial charge in [-0.2, -0.15) is 0 Å². The Labute approximate surface area is 282 Å². The van der Waals surface area contributed by atoms with Crippen LogP contribution in [0.1, 0.15) is 43.2 Å².